The minimum Gasteiger partial charge on any atom is -0.355 e. The Kier molecular flexibility index (Phi) is 86.2. The molecular formula is C101H160N4. The SMILES string of the molecule is CC.CC.CC.CC.CC.CC.CC.CC.CC.CC.CC.CC.CC.CC.CC.CC.CC.CC.CC.c1ccc(N2c3ccccc3Cc3ccccc32)cc1.c1ccc2c(c1)[nH]c1ccccc12.c1ccc2c(c1)ccc1[nH]c3ccccc3c12.c1ccc2c(c1)ccc1c3ccccc3[nH]c21. The van der Waals surface area contributed by atoms with Crippen LogP contribution in [0.5, 0.6) is 0 Å². The van der Waals surface area contributed by atoms with Crippen LogP contribution in [0, 0.1) is 0 Å². The predicted octanol–water partition coefficient (Wildman–Crippen LogP) is 36.8. The standard InChI is InChI=1S/C19H15N.2C16H11N.C12H9N.19C2H6/c1-2-10-17(11-3-1)20-18-12-6-4-8-15(18)14-16-9-5-7-13-19(16)20;1-2-6-12-11(5-1)9-10-14-13-7-3-4-8-15(13)17-16(12)14;1-2-6-12-11(5-1)9-10-15-16(12)13-7-3-4-8-14(13)17-15;1-3-7-11-9(5-1)10-6-2-4-8-12(10)13-11;19*1-2/h1-13H,14H2;2*1-10,17H;1-8,13H;19*1-2H3. The molecule has 4 heterocycles. The van der Waals surface area contributed by atoms with E-state index in [1.165, 1.54) is 115 Å². The summed E-state index contributed by atoms with van der Waals surface area (Å²) in [5.74, 6) is 0. The van der Waals surface area contributed by atoms with Crippen molar-refractivity contribution < 1.29 is 0 Å². The van der Waals surface area contributed by atoms with Crippen LogP contribution in [0.1, 0.15) is 274 Å². The summed E-state index contributed by atoms with van der Waals surface area (Å²) >= 11 is 0. The molecule has 14 aromatic rings. The first kappa shape index (κ1) is 112. The van der Waals surface area contributed by atoms with Gasteiger partial charge in [-0.1, -0.05) is 457 Å². The zero-order valence-corrected chi connectivity index (χ0v) is 74.8. The molecule has 0 bridgehead atoms. The van der Waals surface area contributed by atoms with Crippen molar-refractivity contribution in [2.24, 2.45) is 0 Å². The van der Waals surface area contributed by atoms with Gasteiger partial charge in [0.15, 0.2) is 0 Å². The van der Waals surface area contributed by atoms with Gasteiger partial charge in [0.2, 0.25) is 0 Å². The summed E-state index contributed by atoms with van der Waals surface area (Å²) in [6.07, 6.45) is 1.01. The maximum Gasteiger partial charge on any atom is 0.0544 e. The van der Waals surface area contributed by atoms with Gasteiger partial charge in [-0.2, -0.15) is 0 Å². The number of H-pyrrole nitrogens is 3. The number of aromatic amines is 3. The van der Waals surface area contributed by atoms with E-state index in [1.54, 1.807) is 0 Å². The van der Waals surface area contributed by atoms with Crippen LogP contribution < -0.4 is 4.90 Å². The summed E-state index contributed by atoms with van der Waals surface area (Å²) < 4.78 is 0. The summed E-state index contributed by atoms with van der Waals surface area (Å²) in [6, 6.07) is 87.4. The van der Waals surface area contributed by atoms with Crippen molar-refractivity contribution in [3.63, 3.8) is 0 Å². The Bertz CT molecular complexity index is 3930. The van der Waals surface area contributed by atoms with Crippen molar-refractivity contribution in [3.8, 4) is 0 Å². The first-order valence-corrected chi connectivity index (χ1v) is 42.0. The Morgan fingerprint density at radius 2 is 0.457 bits per heavy atom. The van der Waals surface area contributed by atoms with E-state index in [-0.39, 0.29) is 0 Å². The normalized spacial score (nSPS) is 8.61. The summed E-state index contributed by atoms with van der Waals surface area (Å²) in [5, 5.41) is 13.0. The Morgan fingerprint density at radius 3 is 0.857 bits per heavy atom. The molecule has 4 heteroatoms. The third-order valence-electron chi connectivity index (χ3n) is 13.1. The minimum absolute atomic E-state index is 1.01. The lowest BCUT2D eigenvalue weighted by Crippen LogP contribution is -2.18. The molecule has 1 aliphatic heterocycles. The van der Waals surface area contributed by atoms with E-state index in [0.717, 1.165) is 6.42 Å². The van der Waals surface area contributed by atoms with Gasteiger partial charge in [0.25, 0.3) is 0 Å². The molecular weight excluding hydrogens is 1270 g/mol. The predicted molar refractivity (Wildman–Crippen MR) is 502 cm³/mol. The first-order valence-electron chi connectivity index (χ1n) is 42.0. The molecule has 584 valence electrons. The lowest BCUT2D eigenvalue weighted by Gasteiger charge is -2.33. The zero-order chi connectivity index (χ0) is 82.5. The molecule has 11 aromatic carbocycles. The highest BCUT2D eigenvalue weighted by Crippen LogP contribution is 2.43. The van der Waals surface area contributed by atoms with Crippen LogP contribution in [0.3, 0.4) is 0 Å². The largest absolute Gasteiger partial charge is 0.355 e. The first-order chi connectivity index (χ1) is 52.2. The average Bonchev–Trinajstić information content (AvgIpc) is 1.75. The number of benzene rings is 11. The van der Waals surface area contributed by atoms with Crippen LogP contribution in [0.15, 0.2) is 249 Å². The number of rotatable bonds is 1. The monoisotopic (exact) mass is 1430 g/mol. The van der Waals surface area contributed by atoms with Gasteiger partial charge in [0, 0.05) is 88.8 Å². The van der Waals surface area contributed by atoms with Gasteiger partial charge >= 0.3 is 0 Å². The molecule has 105 heavy (non-hydrogen) atoms. The summed E-state index contributed by atoms with van der Waals surface area (Å²) in [7, 11) is 0. The molecule has 0 fully saturated rings. The molecule has 3 aromatic heterocycles. The molecule has 0 spiro atoms. The number of anilines is 3. The van der Waals surface area contributed by atoms with Gasteiger partial charge in [0.1, 0.15) is 0 Å². The molecule has 0 saturated carbocycles. The summed E-state index contributed by atoms with van der Waals surface area (Å²) in [5.41, 5.74) is 13.9. The second-order valence-electron chi connectivity index (χ2n) is 17.1. The molecule has 0 unspecified atom stereocenters. The van der Waals surface area contributed by atoms with E-state index >= 15 is 0 Å². The van der Waals surface area contributed by atoms with Crippen LogP contribution >= 0.6 is 0 Å². The van der Waals surface area contributed by atoms with Crippen molar-refractivity contribution >= 4 is 104 Å². The van der Waals surface area contributed by atoms with E-state index in [1.807, 2.05) is 263 Å². The van der Waals surface area contributed by atoms with Crippen molar-refractivity contribution in [1.29, 1.82) is 0 Å². The van der Waals surface area contributed by atoms with Crippen molar-refractivity contribution in [2.75, 3.05) is 4.90 Å². The number of aromatic nitrogens is 3. The van der Waals surface area contributed by atoms with Gasteiger partial charge in [0.05, 0.1) is 5.52 Å². The van der Waals surface area contributed by atoms with Crippen molar-refractivity contribution in [2.45, 2.75) is 270 Å². The highest BCUT2D eigenvalue weighted by Gasteiger charge is 2.23. The fraction of sp³-hybridized carbons (Fsp3) is 0.386. The van der Waals surface area contributed by atoms with Crippen molar-refractivity contribution in [1.82, 2.24) is 15.0 Å². The molecule has 1 aliphatic rings. The fourth-order valence-electron chi connectivity index (χ4n) is 9.96. The third-order valence-corrected chi connectivity index (χ3v) is 13.1. The highest BCUT2D eigenvalue weighted by molar-refractivity contribution is 6.20. The van der Waals surface area contributed by atoms with Crippen LogP contribution in [0.25, 0.3) is 87.0 Å². The Labute approximate surface area is 649 Å². The molecule has 0 aliphatic carbocycles. The quantitative estimate of drug-likeness (QED) is 0.151. The van der Waals surface area contributed by atoms with Gasteiger partial charge in [-0.3, -0.25) is 0 Å². The highest BCUT2D eigenvalue weighted by atomic mass is 15.2. The van der Waals surface area contributed by atoms with E-state index < -0.39 is 0 Å². The Hall–Kier alpha value is -8.86. The molecule has 15 rings (SSSR count). The number of hydrogen-bond donors (Lipinski definition) is 3. The molecule has 3 N–H and O–H groups in total. The van der Waals surface area contributed by atoms with Crippen LogP contribution in [0.4, 0.5) is 17.1 Å². The lowest BCUT2D eigenvalue weighted by atomic mass is 9.95. The topological polar surface area (TPSA) is 50.6 Å². The number of hydrogen-bond acceptors (Lipinski definition) is 1. The van der Waals surface area contributed by atoms with Crippen LogP contribution in [-0.2, 0) is 6.42 Å². The fourth-order valence-corrected chi connectivity index (χ4v) is 9.96. The smallest absolute Gasteiger partial charge is 0.0544 e. The second-order valence-corrected chi connectivity index (χ2v) is 17.1. The number of para-hydroxylation sites is 7. The van der Waals surface area contributed by atoms with Crippen molar-refractivity contribution in [3.05, 3.63) is 260 Å². The maximum atomic E-state index is 3.52. The third kappa shape index (κ3) is 35.2. The zero-order valence-electron chi connectivity index (χ0n) is 74.8. The lowest BCUT2D eigenvalue weighted by molar-refractivity contribution is 1.09. The van der Waals surface area contributed by atoms with E-state index in [0.29, 0.717) is 0 Å². The Morgan fingerprint density at radius 1 is 0.190 bits per heavy atom. The molecule has 4 nitrogen and oxygen atoms in total. The van der Waals surface area contributed by atoms with Gasteiger partial charge in [-0.15, -0.1) is 0 Å². The van der Waals surface area contributed by atoms with E-state index in [2.05, 4.69) is 269 Å². The second kappa shape index (κ2) is 80.8. The average molecular weight is 1430 g/mol. The summed E-state index contributed by atoms with van der Waals surface area (Å²) in [6.45, 7) is 76.0. The van der Waals surface area contributed by atoms with Gasteiger partial charge in [-0.25, -0.2) is 0 Å². The molecule has 0 amide bonds. The number of nitrogens with one attached hydrogen (secondary N) is 3. The van der Waals surface area contributed by atoms with Gasteiger partial charge < -0.3 is 19.9 Å². The summed E-state index contributed by atoms with van der Waals surface area (Å²) in [4.78, 5) is 12.7. The van der Waals surface area contributed by atoms with E-state index in [4.69, 9.17) is 0 Å². The minimum atomic E-state index is 1.01. The number of fused-ring (bicyclic) bond motifs is 15. The van der Waals surface area contributed by atoms with Gasteiger partial charge in [-0.05, 0) is 81.9 Å². The van der Waals surface area contributed by atoms with Crippen LogP contribution in [-0.4, -0.2) is 15.0 Å². The molecule has 0 saturated heterocycles. The maximum absolute atomic E-state index is 3.52. The molecule has 0 atom stereocenters. The van der Waals surface area contributed by atoms with Crippen LogP contribution in [0.2, 0.25) is 0 Å². The Balaban J connectivity index is -0.000000173. The van der Waals surface area contributed by atoms with E-state index in [9.17, 15) is 0 Å². The molecule has 0 radical (unpaired) electrons. The number of nitrogens with zero attached hydrogens (tertiary/aromatic N) is 1.